The van der Waals surface area contributed by atoms with Crippen LogP contribution in [-0.4, -0.2) is 44.4 Å². The molecule has 1 aromatic carbocycles. The topological polar surface area (TPSA) is 73.8 Å². The molecule has 0 aromatic heterocycles. The Balaban J connectivity index is 0.00000312. The van der Waals surface area contributed by atoms with Gasteiger partial charge < -0.3 is 10.6 Å². The summed E-state index contributed by atoms with van der Waals surface area (Å²) in [6, 6.07) is 7.43. The Labute approximate surface area is 168 Å². The van der Waals surface area contributed by atoms with Gasteiger partial charge >= 0.3 is 0 Å². The van der Waals surface area contributed by atoms with Gasteiger partial charge in [0.05, 0.1) is 11.4 Å². The van der Waals surface area contributed by atoms with E-state index in [0.717, 1.165) is 18.1 Å². The van der Waals surface area contributed by atoms with E-state index in [1.165, 1.54) is 17.1 Å². The highest BCUT2D eigenvalue weighted by molar-refractivity contribution is 14.0. The van der Waals surface area contributed by atoms with Gasteiger partial charge in [-0.2, -0.15) is 4.31 Å². The van der Waals surface area contributed by atoms with Crippen LogP contribution in [0.15, 0.2) is 34.2 Å². The first-order valence-electron chi connectivity index (χ1n) is 8.46. The molecular weight excluding hydrogens is 451 g/mol. The second-order valence-electron chi connectivity index (χ2n) is 6.37. The Hall–Kier alpha value is -0.870. The summed E-state index contributed by atoms with van der Waals surface area (Å²) in [6.07, 6.45) is 2.39. The van der Waals surface area contributed by atoms with Crippen molar-refractivity contribution in [3.8, 4) is 0 Å². The van der Waals surface area contributed by atoms with E-state index in [9.17, 15) is 8.42 Å². The monoisotopic (exact) mass is 480 g/mol. The van der Waals surface area contributed by atoms with E-state index in [0.29, 0.717) is 17.5 Å². The van der Waals surface area contributed by atoms with E-state index < -0.39 is 10.0 Å². The van der Waals surface area contributed by atoms with Crippen molar-refractivity contribution >= 4 is 40.0 Å². The highest BCUT2D eigenvalue weighted by Gasteiger charge is 2.23. The van der Waals surface area contributed by atoms with Gasteiger partial charge in [0.15, 0.2) is 5.96 Å². The summed E-state index contributed by atoms with van der Waals surface area (Å²) < 4.78 is 26.3. The van der Waals surface area contributed by atoms with Gasteiger partial charge in [-0.25, -0.2) is 13.4 Å². The smallest absolute Gasteiger partial charge is 0.243 e. The lowest BCUT2D eigenvalue weighted by molar-refractivity contribution is 0.410. The lowest BCUT2D eigenvalue weighted by atomic mass is 10.2. The van der Waals surface area contributed by atoms with Crippen LogP contribution in [0.25, 0.3) is 0 Å². The average molecular weight is 480 g/mol. The summed E-state index contributed by atoms with van der Waals surface area (Å²) in [5.74, 6) is 0.816. The molecule has 1 aliphatic carbocycles. The van der Waals surface area contributed by atoms with Crippen LogP contribution >= 0.6 is 24.0 Å². The molecule has 0 bridgehead atoms. The Morgan fingerprint density at radius 3 is 2.36 bits per heavy atom. The van der Waals surface area contributed by atoms with Crippen molar-refractivity contribution in [1.29, 1.82) is 0 Å². The van der Waals surface area contributed by atoms with Gasteiger partial charge in [-0.15, -0.1) is 24.0 Å². The number of hydrogen-bond donors (Lipinski definition) is 2. The second kappa shape index (κ2) is 9.72. The number of hydrogen-bond acceptors (Lipinski definition) is 3. The van der Waals surface area contributed by atoms with Gasteiger partial charge in [-0.3, -0.25) is 0 Å². The molecule has 1 saturated carbocycles. The van der Waals surface area contributed by atoms with E-state index >= 15 is 0 Å². The van der Waals surface area contributed by atoms with Crippen molar-refractivity contribution < 1.29 is 8.42 Å². The van der Waals surface area contributed by atoms with Crippen molar-refractivity contribution in [2.45, 2.75) is 57.1 Å². The summed E-state index contributed by atoms with van der Waals surface area (Å²) in [5.41, 5.74) is 0.981. The molecule has 0 amide bonds. The highest BCUT2D eigenvalue weighted by atomic mass is 127. The first kappa shape index (κ1) is 22.2. The molecule has 6 nitrogen and oxygen atoms in total. The molecule has 1 fully saturated rings. The molecule has 0 atom stereocenters. The summed E-state index contributed by atoms with van der Waals surface area (Å²) in [5, 5.41) is 6.59. The molecule has 1 aliphatic rings. The number of guanidine groups is 1. The second-order valence-corrected chi connectivity index (χ2v) is 8.37. The third-order valence-corrected chi connectivity index (χ3v) is 6.06. The number of rotatable bonds is 7. The van der Waals surface area contributed by atoms with Crippen molar-refractivity contribution in [2.24, 2.45) is 4.99 Å². The zero-order valence-electron chi connectivity index (χ0n) is 15.3. The van der Waals surface area contributed by atoms with E-state index in [4.69, 9.17) is 0 Å². The van der Waals surface area contributed by atoms with Crippen molar-refractivity contribution in [2.75, 3.05) is 13.6 Å². The fourth-order valence-electron chi connectivity index (χ4n) is 2.12. The number of aliphatic imine (C=N–C) groups is 1. The van der Waals surface area contributed by atoms with Gasteiger partial charge in [-0.05, 0) is 51.3 Å². The lowest BCUT2D eigenvalue weighted by Crippen LogP contribution is -2.38. The average Bonchev–Trinajstić information content (AvgIpc) is 3.36. The van der Waals surface area contributed by atoms with Gasteiger partial charge in [0, 0.05) is 25.7 Å². The van der Waals surface area contributed by atoms with E-state index in [1.54, 1.807) is 19.2 Å². The summed E-state index contributed by atoms with van der Waals surface area (Å²) in [6.45, 7) is 7.08. The maximum atomic E-state index is 12.4. The Morgan fingerprint density at radius 1 is 1.28 bits per heavy atom. The molecule has 142 valence electrons. The third-order valence-electron chi connectivity index (χ3n) is 4.01. The molecule has 0 unspecified atom stereocenters. The van der Waals surface area contributed by atoms with Crippen LogP contribution in [0, 0.1) is 0 Å². The van der Waals surface area contributed by atoms with Crippen LogP contribution < -0.4 is 10.6 Å². The molecular formula is C17H29IN4O2S. The van der Waals surface area contributed by atoms with Crippen molar-refractivity contribution in [1.82, 2.24) is 14.9 Å². The number of benzene rings is 1. The Morgan fingerprint density at radius 2 is 1.88 bits per heavy atom. The molecule has 0 aliphatic heterocycles. The van der Waals surface area contributed by atoms with Crippen molar-refractivity contribution in [3.63, 3.8) is 0 Å². The Kier molecular flexibility index (Phi) is 8.62. The van der Waals surface area contributed by atoms with E-state index in [1.807, 2.05) is 32.9 Å². The predicted octanol–water partition coefficient (Wildman–Crippen LogP) is 2.55. The predicted molar refractivity (Wildman–Crippen MR) is 113 cm³/mol. The minimum atomic E-state index is -3.43. The zero-order chi connectivity index (χ0) is 17.7. The van der Waals surface area contributed by atoms with Crippen LogP contribution in [0.3, 0.4) is 0 Å². The van der Waals surface area contributed by atoms with Crippen molar-refractivity contribution in [3.05, 3.63) is 29.8 Å². The number of nitrogens with zero attached hydrogens (tertiary/aromatic N) is 2. The van der Waals surface area contributed by atoms with Crippen LogP contribution in [0.4, 0.5) is 0 Å². The SMILES string of the molecule is CCNC(=NCc1ccc(S(=O)(=O)N(C)C(C)C)cc1)NC1CC1.I. The van der Waals surface area contributed by atoms with Gasteiger partial charge in [0.2, 0.25) is 10.0 Å². The summed E-state index contributed by atoms with van der Waals surface area (Å²) >= 11 is 0. The molecule has 0 spiro atoms. The first-order valence-corrected chi connectivity index (χ1v) is 9.90. The normalized spacial score (nSPS) is 15.2. The largest absolute Gasteiger partial charge is 0.357 e. The number of halogens is 1. The fourth-order valence-corrected chi connectivity index (χ4v) is 3.49. The van der Waals surface area contributed by atoms with Crippen LogP contribution in [-0.2, 0) is 16.6 Å². The molecule has 0 heterocycles. The van der Waals surface area contributed by atoms with Crippen LogP contribution in [0.1, 0.15) is 39.2 Å². The van der Waals surface area contributed by atoms with E-state index in [2.05, 4.69) is 15.6 Å². The summed E-state index contributed by atoms with van der Waals surface area (Å²) in [4.78, 5) is 4.87. The Bertz CT molecular complexity index is 670. The summed E-state index contributed by atoms with van der Waals surface area (Å²) in [7, 11) is -1.83. The number of sulfonamides is 1. The van der Waals surface area contributed by atoms with Gasteiger partial charge in [0.25, 0.3) is 0 Å². The van der Waals surface area contributed by atoms with Crippen LogP contribution in [0.5, 0.6) is 0 Å². The number of nitrogens with one attached hydrogen (secondary N) is 2. The molecule has 1 aromatic rings. The first-order chi connectivity index (χ1) is 11.3. The minimum Gasteiger partial charge on any atom is -0.357 e. The maximum Gasteiger partial charge on any atom is 0.243 e. The lowest BCUT2D eigenvalue weighted by Gasteiger charge is -2.21. The quantitative estimate of drug-likeness (QED) is 0.358. The zero-order valence-corrected chi connectivity index (χ0v) is 18.5. The molecule has 2 N–H and O–H groups in total. The highest BCUT2D eigenvalue weighted by Crippen LogP contribution is 2.19. The third kappa shape index (κ3) is 6.41. The van der Waals surface area contributed by atoms with Gasteiger partial charge in [-0.1, -0.05) is 12.1 Å². The van der Waals surface area contributed by atoms with Gasteiger partial charge in [0.1, 0.15) is 0 Å². The molecule has 0 saturated heterocycles. The standard InChI is InChI=1S/C17H28N4O2S.HI/c1-5-18-17(20-15-8-9-15)19-12-14-6-10-16(11-7-14)24(22,23)21(4)13(2)3;/h6-7,10-11,13,15H,5,8-9,12H2,1-4H3,(H2,18,19,20);1H. The fraction of sp³-hybridized carbons (Fsp3) is 0.588. The molecule has 25 heavy (non-hydrogen) atoms. The molecule has 0 radical (unpaired) electrons. The minimum absolute atomic E-state index is 0. The maximum absolute atomic E-state index is 12.4. The van der Waals surface area contributed by atoms with Crippen LogP contribution in [0.2, 0.25) is 0 Å². The molecule has 2 rings (SSSR count). The van der Waals surface area contributed by atoms with E-state index in [-0.39, 0.29) is 30.0 Å². The molecule has 8 heteroatoms.